The quantitative estimate of drug-likeness (QED) is 0.631. The van der Waals surface area contributed by atoms with Gasteiger partial charge in [-0.1, -0.05) is 18.6 Å². The van der Waals surface area contributed by atoms with Gasteiger partial charge < -0.3 is 10.6 Å². The Morgan fingerprint density at radius 3 is 2.89 bits per heavy atom. The molecule has 1 unspecified atom stereocenters. The summed E-state index contributed by atoms with van der Waals surface area (Å²) in [5.41, 5.74) is 0. The molecule has 0 aliphatic carbocycles. The lowest BCUT2D eigenvalue weighted by atomic mass is 10.2. The van der Waals surface area contributed by atoms with Crippen LogP contribution in [0.4, 0.5) is 0 Å². The van der Waals surface area contributed by atoms with Gasteiger partial charge in [-0.25, -0.2) is 0 Å². The number of unbranched alkanes of at least 4 members (excludes halogenated alkanes) is 1. The van der Waals surface area contributed by atoms with Crippen LogP contribution < -0.4 is 10.6 Å². The summed E-state index contributed by atoms with van der Waals surface area (Å²) < 4.78 is 1.79. The van der Waals surface area contributed by atoms with Crippen LogP contribution in [0.1, 0.15) is 33.1 Å². The maximum atomic E-state index is 11.6. The first kappa shape index (κ1) is 14.6. The van der Waals surface area contributed by atoms with E-state index >= 15 is 0 Å². The van der Waals surface area contributed by atoms with Crippen LogP contribution >= 0.6 is 0 Å². The van der Waals surface area contributed by atoms with Gasteiger partial charge in [0.2, 0.25) is 5.91 Å². The monoisotopic (exact) mass is 253 g/mol. The van der Waals surface area contributed by atoms with Crippen molar-refractivity contribution in [3.05, 3.63) is 12.4 Å². The Hall–Kier alpha value is -1.43. The predicted octanol–water partition coefficient (Wildman–Crippen LogP) is 0.563. The number of amides is 1. The smallest absolute Gasteiger partial charge is 0.236 e. The summed E-state index contributed by atoms with van der Waals surface area (Å²) in [6.45, 7) is 6.37. The summed E-state index contributed by atoms with van der Waals surface area (Å²) in [6, 6.07) is -0.141. The number of nitrogens with one attached hydrogen (secondary N) is 2. The Morgan fingerprint density at radius 2 is 2.22 bits per heavy atom. The summed E-state index contributed by atoms with van der Waals surface area (Å²) in [6.07, 6.45) is 6.55. The highest BCUT2D eigenvalue weighted by Crippen LogP contribution is 1.89. The molecule has 2 N–H and O–H groups in total. The molecule has 0 aliphatic rings. The number of nitrogens with zero attached hydrogens (tertiary/aromatic N) is 3. The van der Waals surface area contributed by atoms with E-state index in [1.54, 1.807) is 10.9 Å². The molecule has 102 valence electrons. The lowest BCUT2D eigenvalue weighted by Gasteiger charge is -2.13. The Bertz CT molecular complexity index is 325. The normalized spacial score (nSPS) is 12.3. The molecule has 18 heavy (non-hydrogen) atoms. The van der Waals surface area contributed by atoms with E-state index < -0.39 is 0 Å². The minimum Gasteiger partial charge on any atom is -0.355 e. The van der Waals surface area contributed by atoms with E-state index in [1.807, 2.05) is 13.1 Å². The molecule has 0 radical (unpaired) electrons. The number of hydrogen-bond acceptors (Lipinski definition) is 4. The molecule has 1 atom stereocenters. The van der Waals surface area contributed by atoms with Gasteiger partial charge in [0, 0.05) is 19.3 Å². The number of aryl methyl sites for hydroxylation is 1. The van der Waals surface area contributed by atoms with Gasteiger partial charge in [-0.15, -0.1) is 5.10 Å². The van der Waals surface area contributed by atoms with Crippen LogP contribution in [0.5, 0.6) is 0 Å². The first-order chi connectivity index (χ1) is 8.74. The Morgan fingerprint density at radius 1 is 1.39 bits per heavy atom. The first-order valence-corrected chi connectivity index (χ1v) is 6.59. The molecular weight excluding hydrogens is 230 g/mol. The third-order valence-electron chi connectivity index (χ3n) is 2.71. The first-order valence-electron chi connectivity index (χ1n) is 6.59. The van der Waals surface area contributed by atoms with Crippen LogP contribution in [-0.2, 0) is 11.3 Å². The van der Waals surface area contributed by atoms with Gasteiger partial charge in [0.25, 0.3) is 0 Å². The molecule has 0 bridgehead atoms. The average molecular weight is 253 g/mol. The molecule has 6 heteroatoms. The minimum atomic E-state index is -0.141. The predicted molar refractivity (Wildman–Crippen MR) is 70.0 cm³/mol. The summed E-state index contributed by atoms with van der Waals surface area (Å²) >= 11 is 0. The van der Waals surface area contributed by atoms with E-state index in [0.29, 0.717) is 0 Å². The lowest BCUT2D eigenvalue weighted by molar-refractivity contribution is -0.122. The zero-order valence-corrected chi connectivity index (χ0v) is 11.2. The number of hydrogen-bond donors (Lipinski definition) is 2. The van der Waals surface area contributed by atoms with Crippen LogP contribution in [0.2, 0.25) is 0 Å². The molecule has 0 aliphatic heterocycles. The third-order valence-corrected chi connectivity index (χ3v) is 2.71. The fourth-order valence-electron chi connectivity index (χ4n) is 1.55. The maximum absolute atomic E-state index is 11.6. The SMILES string of the molecule is CCCCNC(=O)C(C)NCCCn1ccnn1. The van der Waals surface area contributed by atoms with Gasteiger partial charge >= 0.3 is 0 Å². The second-order valence-electron chi connectivity index (χ2n) is 4.34. The minimum absolute atomic E-state index is 0.0733. The standard InChI is InChI=1S/C12H23N5O/c1-3-4-6-14-12(18)11(2)13-7-5-9-17-10-8-15-16-17/h8,10-11,13H,3-7,9H2,1-2H3,(H,14,18). The van der Waals surface area contributed by atoms with Gasteiger partial charge in [-0.05, 0) is 26.3 Å². The van der Waals surface area contributed by atoms with Gasteiger partial charge in [-0.3, -0.25) is 9.48 Å². The summed E-state index contributed by atoms with van der Waals surface area (Å²) in [7, 11) is 0. The molecular formula is C12H23N5O. The van der Waals surface area contributed by atoms with Crippen LogP contribution in [0.15, 0.2) is 12.4 Å². The molecule has 6 nitrogen and oxygen atoms in total. The molecule has 0 saturated carbocycles. The molecule has 1 heterocycles. The molecule has 1 amide bonds. The van der Waals surface area contributed by atoms with E-state index in [1.165, 1.54) is 0 Å². The van der Waals surface area contributed by atoms with Crippen molar-refractivity contribution >= 4 is 5.91 Å². The van der Waals surface area contributed by atoms with E-state index in [-0.39, 0.29) is 11.9 Å². The largest absolute Gasteiger partial charge is 0.355 e. The molecule has 1 rings (SSSR count). The highest BCUT2D eigenvalue weighted by molar-refractivity contribution is 5.81. The van der Waals surface area contributed by atoms with Gasteiger partial charge in [0.05, 0.1) is 12.2 Å². The number of aromatic nitrogens is 3. The summed E-state index contributed by atoms with van der Waals surface area (Å²) in [4.78, 5) is 11.6. The fourth-order valence-corrected chi connectivity index (χ4v) is 1.55. The second-order valence-corrected chi connectivity index (χ2v) is 4.34. The van der Waals surface area contributed by atoms with Crippen molar-refractivity contribution in [1.82, 2.24) is 25.6 Å². The number of carbonyl (C=O) groups is 1. The molecule has 0 fully saturated rings. The lowest BCUT2D eigenvalue weighted by Crippen LogP contribution is -2.42. The van der Waals surface area contributed by atoms with Crippen LogP contribution in [0.3, 0.4) is 0 Å². The van der Waals surface area contributed by atoms with Gasteiger partial charge in [0.15, 0.2) is 0 Å². The Kier molecular flexibility index (Phi) is 7.01. The van der Waals surface area contributed by atoms with Crippen molar-refractivity contribution < 1.29 is 4.79 Å². The van der Waals surface area contributed by atoms with Crippen molar-refractivity contribution in [2.75, 3.05) is 13.1 Å². The van der Waals surface area contributed by atoms with E-state index in [0.717, 1.165) is 38.9 Å². The highest BCUT2D eigenvalue weighted by atomic mass is 16.2. The Balaban J connectivity index is 2.05. The van der Waals surface area contributed by atoms with Crippen LogP contribution in [0.25, 0.3) is 0 Å². The molecule has 1 aromatic heterocycles. The van der Waals surface area contributed by atoms with Gasteiger partial charge in [-0.2, -0.15) is 0 Å². The van der Waals surface area contributed by atoms with Gasteiger partial charge in [0.1, 0.15) is 0 Å². The molecule has 0 aromatic carbocycles. The van der Waals surface area contributed by atoms with Crippen molar-refractivity contribution in [3.63, 3.8) is 0 Å². The molecule has 1 aromatic rings. The third kappa shape index (κ3) is 5.77. The molecule has 0 spiro atoms. The topological polar surface area (TPSA) is 71.8 Å². The zero-order valence-electron chi connectivity index (χ0n) is 11.2. The van der Waals surface area contributed by atoms with Crippen molar-refractivity contribution in [2.45, 2.75) is 45.7 Å². The van der Waals surface area contributed by atoms with Crippen molar-refractivity contribution in [2.24, 2.45) is 0 Å². The average Bonchev–Trinajstić information content (AvgIpc) is 2.87. The van der Waals surface area contributed by atoms with Crippen molar-refractivity contribution in [3.8, 4) is 0 Å². The van der Waals surface area contributed by atoms with E-state index in [2.05, 4.69) is 27.9 Å². The fraction of sp³-hybridized carbons (Fsp3) is 0.750. The highest BCUT2D eigenvalue weighted by Gasteiger charge is 2.10. The summed E-state index contributed by atoms with van der Waals surface area (Å²) in [5, 5.41) is 13.7. The molecule has 0 saturated heterocycles. The van der Waals surface area contributed by atoms with E-state index in [9.17, 15) is 4.79 Å². The van der Waals surface area contributed by atoms with Crippen LogP contribution in [-0.4, -0.2) is 40.0 Å². The van der Waals surface area contributed by atoms with Crippen molar-refractivity contribution in [1.29, 1.82) is 0 Å². The number of rotatable bonds is 9. The maximum Gasteiger partial charge on any atom is 0.236 e. The Labute approximate surface area is 108 Å². The number of carbonyl (C=O) groups excluding carboxylic acids is 1. The summed E-state index contributed by atoms with van der Waals surface area (Å²) in [5.74, 6) is 0.0733. The zero-order chi connectivity index (χ0) is 13.2. The second kappa shape index (κ2) is 8.63. The van der Waals surface area contributed by atoms with Crippen LogP contribution in [0, 0.1) is 0 Å². The van der Waals surface area contributed by atoms with E-state index in [4.69, 9.17) is 0 Å².